The Balaban J connectivity index is 2.09. The van der Waals surface area contributed by atoms with Crippen molar-refractivity contribution >= 4 is 23.6 Å². The third-order valence-corrected chi connectivity index (χ3v) is 4.34. The van der Waals surface area contributed by atoms with Crippen LogP contribution >= 0.6 is 11.8 Å². The van der Waals surface area contributed by atoms with Crippen molar-refractivity contribution in [2.24, 2.45) is 7.05 Å². The summed E-state index contributed by atoms with van der Waals surface area (Å²) in [5, 5.41) is 15.6. The van der Waals surface area contributed by atoms with Gasteiger partial charge in [-0.2, -0.15) is 5.10 Å². The summed E-state index contributed by atoms with van der Waals surface area (Å²) in [5.74, 6) is 0.247. The minimum atomic E-state index is -0.852. The molecule has 0 atom stereocenters. The van der Waals surface area contributed by atoms with Gasteiger partial charge in [0.1, 0.15) is 11.4 Å². The molecule has 0 aliphatic rings. The lowest BCUT2D eigenvalue weighted by molar-refractivity contribution is -0.133. The number of hydrogen-bond acceptors (Lipinski definition) is 4. The first kappa shape index (κ1) is 17.1. The third kappa shape index (κ3) is 3.95. The molecule has 2 N–H and O–H groups in total. The first-order valence-corrected chi connectivity index (χ1v) is 8.32. The molecule has 2 aromatic rings. The largest absolute Gasteiger partial charge is 0.481 e. The molecule has 0 spiro atoms. The van der Waals surface area contributed by atoms with Crippen LogP contribution in [0.5, 0.6) is 0 Å². The molecule has 23 heavy (non-hydrogen) atoms. The average Bonchev–Trinajstić information content (AvgIpc) is 3.01. The van der Waals surface area contributed by atoms with Gasteiger partial charge in [-0.05, 0) is 26.0 Å². The van der Waals surface area contributed by atoms with Crippen molar-refractivity contribution < 1.29 is 14.7 Å². The highest BCUT2D eigenvalue weighted by Gasteiger charge is 2.19. The van der Waals surface area contributed by atoms with Gasteiger partial charge in [0.05, 0.1) is 11.9 Å². The SMILES string of the molecule is Cc1ccc(C)n1-c1c(C(=O)NCCSCC(=O)O)cnn1C. The summed E-state index contributed by atoms with van der Waals surface area (Å²) < 4.78 is 3.66. The van der Waals surface area contributed by atoms with E-state index in [0.29, 0.717) is 17.9 Å². The molecule has 0 aliphatic carbocycles. The second-order valence-electron chi connectivity index (χ2n) is 5.16. The number of carbonyl (C=O) groups is 2. The topological polar surface area (TPSA) is 89.2 Å². The number of thioether (sulfide) groups is 1. The average molecular weight is 336 g/mol. The zero-order valence-electron chi connectivity index (χ0n) is 13.4. The minimum Gasteiger partial charge on any atom is -0.481 e. The molecule has 1 amide bonds. The predicted molar refractivity (Wildman–Crippen MR) is 89.3 cm³/mol. The Labute approximate surface area is 138 Å². The second-order valence-corrected chi connectivity index (χ2v) is 6.26. The van der Waals surface area contributed by atoms with Gasteiger partial charge < -0.3 is 15.0 Å². The Morgan fingerprint density at radius 3 is 2.57 bits per heavy atom. The van der Waals surface area contributed by atoms with Gasteiger partial charge in [0.25, 0.3) is 5.91 Å². The van der Waals surface area contributed by atoms with E-state index in [2.05, 4.69) is 10.4 Å². The lowest BCUT2D eigenvalue weighted by Crippen LogP contribution is -2.27. The standard InChI is InChI=1S/C15H20N4O3S/c1-10-4-5-11(2)19(10)15-12(8-17-18(15)3)14(22)16-6-7-23-9-13(20)21/h4-5,8H,6-7,9H2,1-3H3,(H,16,22)(H,20,21). The smallest absolute Gasteiger partial charge is 0.313 e. The van der Waals surface area contributed by atoms with Crippen LogP contribution in [-0.2, 0) is 11.8 Å². The van der Waals surface area contributed by atoms with Gasteiger partial charge in [0.2, 0.25) is 0 Å². The molecule has 7 nitrogen and oxygen atoms in total. The van der Waals surface area contributed by atoms with Crippen LogP contribution in [-0.4, -0.2) is 49.4 Å². The van der Waals surface area contributed by atoms with E-state index in [1.54, 1.807) is 17.9 Å². The number of hydrogen-bond donors (Lipinski definition) is 2. The summed E-state index contributed by atoms with van der Waals surface area (Å²) >= 11 is 1.27. The van der Waals surface area contributed by atoms with Crippen molar-refractivity contribution in [3.63, 3.8) is 0 Å². The second kappa shape index (κ2) is 7.36. The molecule has 124 valence electrons. The van der Waals surface area contributed by atoms with E-state index in [9.17, 15) is 9.59 Å². The van der Waals surface area contributed by atoms with Crippen molar-refractivity contribution in [1.82, 2.24) is 19.7 Å². The highest BCUT2D eigenvalue weighted by molar-refractivity contribution is 7.99. The number of carboxylic acids is 1. The van der Waals surface area contributed by atoms with Crippen molar-refractivity contribution in [1.29, 1.82) is 0 Å². The summed E-state index contributed by atoms with van der Waals surface area (Å²) in [6.45, 7) is 4.36. The molecule has 0 saturated heterocycles. The Morgan fingerprint density at radius 2 is 1.96 bits per heavy atom. The fourth-order valence-electron chi connectivity index (χ4n) is 2.35. The van der Waals surface area contributed by atoms with Crippen LogP contribution in [0.4, 0.5) is 0 Å². The van der Waals surface area contributed by atoms with Crippen LogP contribution in [0.15, 0.2) is 18.3 Å². The van der Waals surface area contributed by atoms with Gasteiger partial charge in [0.15, 0.2) is 0 Å². The van der Waals surface area contributed by atoms with E-state index < -0.39 is 5.97 Å². The zero-order valence-corrected chi connectivity index (χ0v) is 14.2. The van der Waals surface area contributed by atoms with Crippen LogP contribution < -0.4 is 5.32 Å². The Kier molecular flexibility index (Phi) is 5.49. The normalized spacial score (nSPS) is 10.7. The van der Waals surface area contributed by atoms with Gasteiger partial charge in [0, 0.05) is 30.7 Å². The molecule has 2 rings (SSSR count). The number of carbonyl (C=O) groups excluding carboxylic acids is 1. The van der Waals surface area contributed by atoms with Crippen molar-refractivity contribution in [3.8, 4) is 5.82 Å². The van der Waals surface area contributed by atoms with E-state index in [1.165, 1.54) is 11.8 Å². The van der Waals surface area contributed by atoms with Crippen LogP contribution in [0.3, 0.4) is 0 Å². The van der Waals surface area contributed by atoms with E-state index in [4.69, 9.17) is 5.11 Å². The maximum atomic E-state index is 12.4. The van der Waals surface area contributed by atoms with Gasteiger partial charge in [-0.25, -0.2) is 0 Å². The molecule has 0 aliphatic heterocycles. The van der Waals surface area contributed by atoms with Crippen LogP contribution in [0.2, 0.25) is 0 Å². The number of aryl methyl sites for hydroxylation is 3. The third-order valence-electron chi connectivity index (χ3n) is 3.39. The quantitative estimate of drug-likeness (QED) is 0.746. The number of aromatic nitrogens is 3. The molecule has 0 aromatic carbocycles. The molecule has 2 aromatic heterocycles. The zero-order chi connectivity index (χ0) is 17.0. The van der Waals surface area contributed by atoms with Crippen LogP contribution in [0, 0.1) is 13.8 Å². The molecular formula is C15H20N4O3S. The molecule has 0 bridgehead atoms. The highest BCUT2D eigenvalue weighted by atomic mass is 32.2. The fourth-order valence-corrected chi connectivity index (χ4v) is 2.92. The first-order chi connectivity index (χ1) is 10.9. The molecule has 0 saturated carbocycles. The molecule has 8 heteroatoms. The van der Waals surface area contributed by atoms with E-state index >= 15 is 0 Å². The van der Waals surface area contributed by atoms with Crippen molar-refractivity contribution in [2.75, 3.05) is 18.1 Å². The van der Waals surface area contributed by atoms with Crippen LogP contribution in [0.1, 0.15) is 21.7 Å². The maximum absolute atomic E-state index is 12.4. The summed E-state index contributed by atoms with van der Waals surface area (Å²) in [5.41, 5.74) is 2.55. The lowest BCUT2D eigenvalue weighted by atomic mass is 10.3. The highest BCUT2D eigenvalue weighted by Crippen LogP contribution is 2.19. The predicted octanol–water partition coefficient (Wildman–Crippen LogP) is 1.38. The molecule has 0 unspecified atom stereocenters. The van der Waals surface area contributed by atoms with Crippen molar-refractivity contribution in [2.45, 2.75) is 13.8 Å². The van der Waals surface area contributed by atoms with E-state index in [-0.39, 0.29) is 11.7 Å². The van der Waals surface area contributed by atoms with Crippen LogP contribution in [0.25, 0.3) is 5.82 Å². The monoisotopic (exact) mass is 336 g/mol. The Hall–Kier alpha value is -2.22. The summed E-state index contributed by atoms with van der Waals surface area (Å²) in [7, 11) is 1.80. The summed E-state index contributed by atoms with van der Waals surface area (Å²) in [6, 6.07) is 3.99. The fraction of sp³-hybridized carbons (Fsp3) is 0.400. The van der Waals surface area contributed by atoms with Gasteiger partial charge >= 0.3 is 5.97 Å². The maximum Gasteiger partial charge on any atom is 0.313 e. The number of amides is 1. The van der Waals surface area contributed by atoms with E-state index in [0.717, 1.165) is 17.2 Å². The summed E-state index contributed by atoms with van der Waals surface area (Å²) in [4.78, 5) is 22.8. The molecule has 0 radical (unpaired) electrons. The van der Waals surface area contributed by atoms with Gasteiger partial charge in [-0.3, -0.25) is 14.3 Å². The number of rotatable bonds is 7. The lowest BCUT2D eigenvalue weighted by Gasteiger charge is -2.12. The summed E-state index contributed by atoms with van der Waals surface area (Å²) in [6.07, 6.45) is 1.55. The van der Waals surface area contributed by atoms with Gasteiger partial charge in [-0.15, -0.1) is 11.8 Å². The molecule has 2 heterocycles. The van der Waals surface area contributed by atoms with Gasteiger partial charge in [-0.1, -0.05) is 0 Å². The number of nitrogens with one attached hydrogen (secondary N) is 1. The molecule has 0 fully saturated rings. The van der Waals surface area contributed by atoms with Crippen molar-refractivity contribution in [3.05, 3.63) is 35.3 Å². The molecular weight excluding hydrogens is 316 g/mol. The number of carboxylic acid groups (broad SMARTS) is 1. The Morgan fingerprint density at radius 1 is 1.30 bits per heavy atom. The Bertz CT molecular complexity index is 701. The van der Waals surface area contributed by atoms with E-state index in [1.807, 2.05) is 30.5 Å². The number of nitrogens with zero attached hydrogens (tertiary/aromatic N) is 3. The number of aliphatic carboxylic acids is 1. The minimum absolute atomic E-state index is 0.0375. The first-order valence-electron chi connectivity index (χ1n) is 7.17.